The molecule has 5 atom stereocenters. The van der Waals surface area contributed by atoms with Crippen molar-refractivity contribution in [3.63, 3.8) is 0 Å². The summed E-state index contributed by atoms with van der Waals surface area (Å²) in [6.45, 7) is 6.99. The van der Waals surface area contributed by atoms with Crippen molar-refractivity contribution in [2.24, 2.45) is 4.99 Å². The molecule has 1 amide bonds. The van der Waals surface area contributed by atoms with Crippen molar-refractivity contribution >= 4 is 62.5 Å². The number of aromatic nitrogens is 2. The summed E-state index contributed by atoms with van der Waals surface area (Å²) in [5.74, 6) is 0.100. The van der Waals surface area contributed by atoms with Crippen LogP contribution in [0.1, 0.15) is 69.4 Å². The smallest absolute Gasteiger partial charge is 0.452 e. The third-order valence-electron chi connectivity index (χ3n) is 11.3. The zero-order valence-corrected chi connectivity index (χ0v) is 40.2. The Hall–Kier alpha value is -4.49. The number of carbonyl (C=O) groups excluding carboxylic acids is 1. The number of H-pyrrole nitrogens is 1. The molecule has 2 aromatic carbocycles. The molecule has 0 aliphatic carbocycles. The molecule has 370 valence electrons. The molecule has 0 saturated carbocycles. The van der Waals surface area contributed by atoms with Gasteiger partial charge in [-0.3, -0.25) is 28.2 Å². The van der Waals surface area contributed by atoms with E-state index in [-0.39, 0.29) is 30.9 Å². The van der Waals surface area contributed by atoms with Gasteiger partial charge in [-0.25, -0.2) is 28.1 Å². The summed E-state index contributed by atoms with van der Waals surface area (Å²) in [5.41, 5.74) is 0.644. The maximum atomic E-state index is 13.0. The van der Waals surface area contributed by atoms with Gasteiger partial charge in [-0.1, -0.05) is 18.2 Å². The number of aliphatic hydroxyl groups excluding tert-OH is 1. The summed E-state index contributed by atoms with van der Waals surface area (Å²) >= 11 is 0. The normalized spacial score (nSPS) is 21.6. The van der Waals surface area contributed by atoms with Crippen LogP contribution in [-0.4, -0.2) is 109 Å². The van der Waals surface area contributed by atoms with Gasteiger partial charge in [-0.05, 0) is 51.3 Å². The van der Waals surface area contributed by atoms with Crippen LogP contribution in [-0.2, 0) is 52.9 Å². The van der Waals surface area contributed by atoms with Crippen molar-refractivity contribution in [2.75, 3.05) is 43.4 Å². The number of anilines is 1. The van der Waals surface area contributed by atoms with E-state index in [0.29, 0.717) is 52.3 Å². The second kappa shape index (κ2) is 19.7. The Morgan fingerprint density at radius 2 is 1.84 bits per heavy atom. The summed E-state index contributed by atoms with van der Waals surface area (Å²) in [4.78, 5) is 83.9. The minimum atomic E-state index is -5.80. The maximum Gasteiger partial charge on any atom is 0.490 e. The van der Waals surface area contributed by atoms with Gasteiger partial charge < -0.3 is 44.4 Å². The summed E-state index contributed by atoms with van der Waals surface area (Å²) < 4.78 is 96.0. The Balaban J connectivity index is 0.978. The number of benzene rings is 2. The molecular formula is C39H50N6O19P3S+. The topological polar surface area (TPSA) is 355 Å². The van der Waals surface area contributed by atoms with Crippen LogP contribution in [0.15, 0.2) is 57.2 Å². The number of nitrogens with zero attached hydrogens (tertiary/aromatic N) is 4. The van der Waals surface area contributed by atoms with Gasteiger partial charge in [0.15, 0.2) is 11.5 Å². The molecule has 4 aliphatic heterocycles. The van der Waals surface area contributed by atoms with Gasteiger partial charge in [0.2, 0.25) is 11.3 Å². The van der Waals surface area contributed by atoms with Crippen LogP contribution in [0.4, 0.5) is 11.4 Å². The highest BCUT2D eigenvalue weighted by Gasteiger charge is 2.43. The first-order valence-electron chi connectivity index (χ1n) is 21.0. The Labute approximate surface area is 387 Å². The van der Waals surface area contributed by atoms with Crippen LogP contribution < -0.4 is 41.5 Å². The number of aromatic amines is 1. The predicted octanol–water partition coefficient (Wildman–Crippen LogP) is 1.52. The second-order valence-electron chi connectivity index (χ2n) is 16.8. The maximum absolute atomic E-state index is 13.0. The van der Waals surface area contributed by atoms with Gasteiger partial charge in [0.25, 0.3) is 15.7 Å². The number of nitrogens with one attached hydrogen (secondary N) is 2. The van der Waals surface area contributed by atoms with Crippen molar-refractivity contribution in [1.82, 2.24) is 19.4 Å². The van der Waals surface area contributed by atoms with E-state index in [1.54, 1.807) is 18.2 Å². The largest absolute Gasteiger partial charge is 0.490 e. The van der Waals surface area contributed by atoms with Crippen LogP contribution in [0.2, 0.25) is 0 Å². The van der Waals surface area contributed by atoms with Crippen molar-refractivity contribution in [1.29, 1.82) is 0 Å². The highest BCUT2D eigenvalue weighted by atomic mass is 32.2. The molecule has 2 unspecified atom stereocenters. The van der Waals surface area contributed by atoms with Crippen LogP contribution in [0.5, 0.6) is 11.5 Å². The van der Waals surface area contributed by atoms with E-state index in [2.05, 4.69) is 34.9 Å². The summed E-state index contributed by atoms with van der Waals surface area (Å²) in [6, 6.07) is 7.60. The second-order valence-corrected chi connectivity index (χ2v) is 22.6. The average molecular weight is 1030 g/mol. The van der Waals surface area contributed by atoms with Gasteiger partial charge in [-0.2, -0.15) is 17.0 Å². The third kappa shape index (κ3) is 12.4. The van der Waals surface area contributed by atoms with E-state index in [1.807, 2.05) is 30.9 Å². The summed E-state index contributed by atoms with van der Waals surface area (Å²) in [5, 5.41) is 15.0. The van der Waals surface area contributed by atoms with Gasteiger partial charge in [0.05, 0.1) is 29.9 Å². The van der Waals surface area contributed by atoms with E-state index >= 15 is 0 Å². The minimum Gasteiger partial charge on any atom is -0.452 e. The molecule has 1 saturated heterocycles. The molecule has 1 aromatic heterocycles. The quantitative estimate of drug-likeness (QED) is 0.0398. The molecular weight excluding hydrogens is 981 g/mol. The molecule has 68 heavy (non-hydrogen) atoms. The fourth-order valence-corrected chi connectivity index (χ4v) is 12.1. The number of amides is 1. The molecule has 3 aromatic rings. The lowest BCUT2D eigenvalue weighted by atomic mass is 9.88. The van der Waals surface area contributed by atoms with Crippen molar-refractivity contribution in [2.45, 2.75) is 76.9 Å². The highest BCUT2D eigenvalue weighted by molar-refractivity contribution is 7.86. The minimum absolute atomic E-state index is 0.0356. The SMILES string of the molecule is CC[N+]1=c2cc3c(cc2CCC1)=Nc1cc2c(cc1O3)N(CCCC(=O)NC/C=C/c1cn([C@H]3C[C@H](O)[C@@H](COP(=O)(O)OP(=O)(O)OP(=O)(O)O)O3)c(=O)[nH]c1=O)C(C)(C)C=C2CS(=O)(=O)O. The summed E-state index contributed by atoms with van der Waals surface area (Å²) in [6.07, 6.45) is 3.52. The molecule has 5 heterocycles. The van der Waals surface area contributed by atoms with E-state index in [0.717, 1.165) is 42.1 Å². The van der Waals surface area contributed by atoms with Crippen LogP contribution in [0.25, 0.3) is 11.6 Å². The Morgan fingerprint density at radius 1 is 1.09 bits per heavy atom. The standard InChI is InChI=1S/C39H49N6O19P3S/c1-4-43-12-6-9-23-14-27-32(16-29(23)43)61-33-17-30-26(15-28(33)41-27)25(22-68(57,58)59)19-39(2,3)45(30)13-7-10-35(47)40-11-5-8-24-20-44(38(49)42-37(24)48)36-18-31(46)34(62-36)21-60-66(53,54)64-67(55,56)63-65(50,51)52/h5,8,14-17,19-20,31,34,36,46H,4,6-7,9-13,18,21-22H2,1-3H3,(H6-,40,42,47,48,49,50,51,52,53,54,55,56,57,58,59)/p+1/b8-5+/t31-,34+,36+/m0/s1. The molecule has 29 heteroatoms. The molecule has 0 spiro atoms. The number of aryl methyl sites for hydroxylation is 1. The molecule has 8 N–H and O–H groups in total. The molecule has 0 bridgehead atoms. The number of aliphatic hydroxyl groups is 1. The fourth-order valence-electron chi connectivity index (χ4n) is 8.43. The van der Waals surface area contributed by atoms with Crippen molar-refractivity contribution < 1.29 is 78.8 Å². The number of hydrogen-bond donors (Lipinski definition) is 8. The van der Waals surface area contributed by atoms with E-state index in [4.69, 9.17) is 24.3 Å². The van der Waals surface area contributed by atoms with Crippen molar-refractivity contribution in [3.8, 4) is 11.5 Å². The third-order valence-corrected chi connectivity index (χ3v) is 15.8. The fraction of sp³-hybridized carbons (Fsp3) is 0.462. The Kier molecular flexibility index (Phi) is 14.9. The lowest BCUT2D eigenvalue weighted by molar-refractivity contribution is -0.120. The molecule has 0 radical (unpaired) electrons. The van der Waals surface area contributed by atoms with Gasteiger partial charge in [0.1, 0.15) is 42.2 Å². The number of phosphoric acid groups is 3. The first kappa shape index (κ1) is 51.4. The average Bonchev–Trinajstić information content (AvgIpc) is 3.58. The first-order valence-corrected chi connectivity index (χ1v) is 27.2. The van der Waals surface area contributed by atoms with Crippen LogP contribution in [0.3, 0.4) is 0 Å². The lowest BCUT2D eigenvalue weighted by Crippen LogP contribution is -2.46. The van der Waals surface area contributed by atoms with Gasteiger partial charge in [0, 0.05) is 61.4 Å². The van der Waals surface area contributed by atoms with E-state index < -0.39 is 81.2 Å². The zero-order valence-electron chi connectivity index (χ0n) is 36.7. The first-order chi connectivity index (χ1) is 31.7. The van der Waals surface area contributed by atoms with Crippen LogP contribution >= 0.6 is 23.5 Å². The van der Waals surface area contributed by atoms with E-state index in [9.17, 15) is 55.9 Å². The van der Waals surface area contributed by atoms with Crippen LogP contribution in [0, 0.1) is 0 Å². The molecule has 7 rings (SSSR count). The van der Waals surface area contributed by atoms with Gasteiger partial charge in [-0.15, -0.1) is 0 Å². The number of carbonyl (C=O) groups is 1. The number of phosphoric ester groups is 1. The molecule has 1 fully saturated rings. The highest BCUT2D eigenvalue weighted by Crippen LogP contribution is 2.66. The van der Waals surface area contributed by atoms with Crippen molar-refractivity contribution in [3.05, 3.63) is 90.9 Å². The van der Waals surface area contributed by atoms with Gasteiger partial charge >= 0.3 is 29.2 Å². The monoisotopic (exact) mass is 1030 g/mol. The van der Waals surface area contributed by atoms with E-state index in [1.165, 1.54) is 17.7 Å². The zero-order chi connectivity index (χ0) is 49.6. The molecule has 4 aliphatic rings. The number of hydrogen-bond acceptors (Lipinski definition) is 16. The number of rotatable bonds is 18. The Bertz CT molecular complexity index is 3100. The summed E-state index contributed by atoms with van der Waals surface area (Å²) in [7, 11) is -21.4. The lowest BCUT2D eigenvalue weighted by Gasteiger charge is -2.44. The predicted molar refractivity (Wildman–Crippen MR) is 241 cm³/mol. The molecule has 25 nitrogen and oxygen atoms in total. The number of ether oxygens (including phenoxy) is 2. The Morgan fingerprint density at radius 3 is 2.54 bits per heavy atom. The number of fused-ring (bicyclic) bond motifs is 4.